The quantitative estimate of drug-likeness (QED) is 0.695. The van der Waals surface area contributed by atoms with Crippen LogP contribution in [0.15, 0.2) is 65.6 Å². The van der Waals surface area contributed by atoms with Crippen molar-refractivity contribution in [1.29, 1.82) is 0 Å². The zero-order valence-electron chi connectivity index (χ0n) is 18.1. The Kier molecular flexibility index (Phi) is 5.36. The molecule has 0 spiro atoms. The van der Waals surface area contributed by atoms with Gasteiger partial charge in [0.2, 0.25) is 0 Å². The molecule has 31 heavy (non-hydrogen) atoms. The van der Waals surface area contributed by atoms with Crippen molar-refractivity contribution >= 4 is 11.7 Å². The van der Waals surface area contributed by atoms with Crippen LogP contribution in [0.5, 0.6) is 0 Å². The van der Waals surface area contributed by atoms with Gasteiger partial charge in [-0.1, -0.05) is 61.9 Å². The van der Waals surface area contributed by atoms with Crippen molar-refractivity contribution in [2.45, 2.75) is 40.2 Å². The summed E-state index contributed by atoms with van der Waals surface area (Å²) >= 11 is 0. The topological polar surface area (TPSA) is 68.2 Å². The van der Waals surface area contributed by atoms with Crippen LogP contribution in [-0.4, -0.2) is 16.3 Å². The minimum Gasteiger partial charge on any atom is -0.348 e. The number of amides is 1. The summed E-state index contributed by atoms with van der Waals surface area (Å²) in [4.78, 5) is 39.7. The van der Waals surface area contributed by atoms with Gasteiger partial charge in [-0.3, -0.25) is 19.0 Å². The van der Waals surface area contributed by atoms with Gasteiger partial charge in [-0.15, -0.1) is 0 Å². The summed E-state index contributed by atoms with van der Waals surface area (Å²) in [5, 5.41) is 2.87. The first kappa shape index (κ1) is 20.8. The van der Waals surface area contributed by atoms with E-state index in [1.165, 1.54) is 4.57 Å². The van der Waals surface area contributed by atoms with E-state index in [4.69, 9.17) is 0 Å². The summed E-state index contributed by atoms with van der Waals surface area (Å²) in [7, 11) is 0. The Morgan fingerprint density at radius 1 is 1.00 bits per heavy atom. The molecule has 5 heteroatoms. The van der Waals surface area contributed by atoms with Crippen LogP contribution in [-0.2, 0) is 13.0 Å². The monoisotopic (exact) mass is 414 g/mol. The number of hydrogen-bond acceptors (Lipinski definition) is 3. The first-order chi connectivity index (χ1) is 14.7. The van der Waals surface area contributed by atoms with Crippen molar-refractivity contribution in [2.75, 3.05) is 0 Å². The number of carbonyl (C=O) groups is 2. The van der Waals surface area contributed by atoms with Crippen LogP contribution in [0.3, 0.4) is 0 Å². The molecule has 1 heterocycles. The van der Waals surface area contributed by atoms with Crippen LogP contribution in [0, 0.1) is 12.3 Å². The number of pyridine rings is 1. The molecule has 1 amide bonds. The molecular weight excluding hydrogens is 388 g/mol. The molecule has 0 bridgehead atoms. The number of aryl methyl sites for hydroxylation is 1. The van der Waals surface area contributed by atoms with E-state index in [-0.39, 0.29) is 16.8 Å². The lowest BCUT2D eigenvalue weighted by Gasteiger charge is -2.31. The van der Waals surface area contributed by atoms with Crippen molar-refractivity contribution in [3.05, 3.63) is 99.0 Å². The highest BCUT2D eigenvalue weighted by molar-refractivity contribution is 6.04. The fourth-order valence-corrected chi connectivity index (χ4v) is 4.14. The van der Waals surface area contributed by atoms with Crippen LogP contribution >= 0.6 is 0 Å². The molecule has 1 aliphatic carbocycles. The van der Waals surface area contributed by atoms with E-state index in [1.807, 2.05) is 75.4 Å². The van der Waals surface area contributed by atoms with Crippen LogP contribution in [0.1, 0.15) is 57.7 Å². The lowest BCUT2D eigenvalue weighted by Crippen LogP contribution is -2.38. The van der Waals surface area contributed by atoms with Gasteiger partial charge in [-0.05, 0) is 42.0 Å². The van der Waals surface area contributed by atoms with E-state index in [2.05, 4.69) is 5.32 Å². The number of ketones is 1. The van der Waals surface area contributed by atoms with Crippen LogP contribution in [0.2, 0.25) is 0 Å². The third-order valence-corrected chi connectivity index (χ3v) is 5.75. The van der Waals surface area contributed by atoms with Gasteiger partial charge in [0, 0.05) is 30.4 Å². The zero-order chi connectivity index (χ0) is 22.2. The van der Waals surface area contributed by atoms with Gasteiger partial charge in [0.05, 0.1) is 0 Å². The third-order valence-electron chi connectivity index (χ3n) is 5.75. The van der Waals surface area contributed by atoms with Crippen molar-refractivity contribution < 1.29 is 9.59 Å². The first-order valence-corrected chi connectivity index (χ1v) is 10.5. The maximum atomic E-state index is 13.5. The van der Waals surface area contributed by atoms with Gasteiger partial charge < -0.3 is 5.32 Å². The molecule has 1 aliphatic rings. The first-order valence-electron chi connectivity index (χ1n) is 10.5. The van der Waals surface area contributed by atoms with Crippen LogP contribution in [0.4, 0.5) is 0 Å². The van der Waals surface area contributed by atoms with E-state index in [1.54, 1.807) is 6.20 Å². The predicted molar refractivity (Wildman–Crippen MR) is 121 cm³/mol. The van der Waals surface area contributed by atoms with E-state index in [0.29, 0.717) is 36.2 Å². The highest BCUT2D eigenvalue weighted by Crippen LogP contribution is 2.35. The predicted octanol–water partition coefficient (Wildman–Crippen LogP) is 4.23. The van der Waals surface area contributed by atoms with Gasteiger partial charge in [0.1, 0.15) is 5.56 Å². The number of nitrogens with one attached hydrogen (secondary N) is 1. The lowest BCUT2D eigenvalue weighted by molar-refractivity contribution is 0.0909. The Labute approximate surface area is 181 Å². The molecule has 158 valence electrons. The standard InChI is InChI=1S/C26H26N2O3/c1-17-9-11-19(12-10-17)28-16-21-20(13-26(2,3)14-22(21)29)23(25(28)31)24(30)27-15-18-7-5-4-6-8-18/h4-12,16H,13-15H2,1-3H3,(H,27,30). The molecular formula is C26H26N2O3. The number of nitrogens with zero attached hydrogens (tertiary/aromatic N) is 1. The Morgan fingerprint density at radius 2 is 1.68 bits per heavy atom. The number of benzene rings is 2. The highest BCUT2D eigenvalue weighted by Gasteiger charge is 2.35. The molecule has 0 unspecified atom stereocenters. The van der Waals surface area contributed by atoms with Crippen LogP contribution < -0.4 is 10.9 Å². The molecule has 0 atom stereocenters. The van der Waals surface area contributed by atoms with Gasteiger partial charge in [0.15, 0.2) is 5.78 Å². The van der Waals surface area contributed by atoms with E-state index < -0.39 is 11.5 Å². The Morgan fingerprint density at radius 3 is 2.35 bits per heavy atom. The summed E-state index contributed by atoms with van der Waals surface area (Å²) in [6, 6.07) is 17.0. The molecule has 1 N–H and O–H groups in total. The second-order valence-corrected chi connectivity index (χ2v) is 9.02. The summed E-state index contributed by atoms with van der Waals surface area (Å²) in [5.41, 5.74) is 3.01. The van der Waals surface area contributed by atoms with E-state index in [0.717, 1.165) is 11.1 Å². The van der Waals surface area contributed by atoms with Gasteiger partial charge in [0.25, 0.3) is 11.5 Å². The zero-order valence-corrected chi connectivity index (χ0v) is 18.1. The van der Waals surface area contributed by atoms with Crippen LogP contribution in [0.25, 0.3) is 5.69 Å². The highest BCUT2D eigenvalue weighted by atomic mass is 16.2. The minimum atomic E-state index is -0.447. The van der Waals surface area contributed by atoms with Gasteiger partial charge in [-0.2, -0.15) is 0 Å². The molecule has 0 saturated heterocycles. The van der Waals surface area contributed by atoms with E-state index in [9.17, 15) is 14.4 Å². The number of aromatic nitrogens is 1. The minimum absolute atomic E-state index is 0.0378. The summed E-state index contributed by atoms with van der Waals surface area (Å²) in [6.45, 7) is 6.26. The van der Waals surface area contributed by atoms with Gasteiger partial charge in [-0.25, -0.2) is 0 Å². The number of hydrogen-bond donors (Lipinski definition) is 1. The second kappa shape index (κ2) is 7.99. The van der Waals surface area contributed by atoms with Crippen molar-refractivity contribution in [3.63, 3.8) is 0 Å². The average molecular weight is 415 g/mol. The fraction of sp³-hybridized carbons (Fsp3) is 0.269. The smallest absolute Gasteiger partial charge is 0.268 e. The Hall–Kier alpha value is -3.47. The molecule has 2 aromatic carbocycles. The lowest BCUT2D eigenvalue weighted by atomic mass is 9.73. The maximum absolute atomic E-state index is 13.5. The summed E-state index contributed by atoms with van der Waals surface area (Å²) < 4.78 is 1.42. The van der Waals surface area contributed by atoms with Crippen molar-refractivity contribution in [3.8, 4) is 5.69 Å². The largest absolute Gasteiger partial charge is 0.348 e. The molecule has 4 rings (SSSR count). The molecule has 0 aliphatic heterocycles. The number of carbonyl (C=O) groups excluding carboxylic acids is 2. The van der Waals surface area contributed by atoms with E-state index >= 15 is 0 Å². The number of rotatable bonds is 4. The molecule has 0 radical (unpaired) electrons. The average Bonchev–Trinajstić information content (AvgIpc) is 2.72. The molecule has 0 saturated carbocycles. The molecule has 5 nitrogen and oxygen atoms in total. The number of fused-ring (bicyclic) bond motifs is 1. The normalized spacial score (nSPS) is 14.7. The Bertz CT molecular complexity index is 1210. The second-order valence-electron chi connectivity index (χ2n) is 9.02. The summed E-state index contributed by atoms with van der Waals surface area (Å²) in [5.74, 6) is -0.485. The molecule has 1 aromatic heterocycles. The van der Waals surface area contributed by atoms with Gasteiger partial charge >= 0.3 is 0 Å². The molecule has 0 fully saturated rings. The SMILES string of the molecule is Cc1ccc(-n2cc3c(c(C(=O)NCc4ccccc4)c2=O)CC(C)(C)CC3=O)cc1. The van der Waals surface area contributed by atoms with Crippen molar-refractivity contribution in [2.24, 2.45) is 5.41 Å². The summed E-state index contributed by atoms with van der Waals surface area (Å²) in [6.07, 6.45) is 2.50. The number of Topliss-reactive ketones (excluding diaryl/α,β-unsaturated/α-hetero) is 1. The fourth-order valence-electron chi connectivity index (χ4n) is 4.14. The third kappa shape index (κ3) is 4.22. The maximum Gasteiger partial charge on any atom is 0.268 e. The van der Waals surface area contributed by atoms with Crippen molar-refractivity contribution in [1.82, 2.24) is 9.88 Å². The Balaban J connectivity index is 1.83. The molecule has 3 aromatic rings.